The van der Waals surface area contributed by atoms with Gasteiger partial charge in [-0.15, -0.1) is 0 Å². The van der Waals surface area contributed by atoms with Crippen molar-refractivity contribution in [2.24, 2.45) is 0 Å². The number of hydrogen-bond donors (Lipinski definition) is 1. The number of carbonyl (C=O) groups excluding carboxylic acids is 1. The zero-order valence-electron chi connectivity index (χ0n) is 12.3. The Morgan fingerprint density at radius 2 is 1.89 bits per heavy atom. The Morgan fingerprint density at radius 3 is 2.47 bits per heavy atom. The van der Waals surface area contributed by atoms with E-state index in [1.54, 1.807) is 12.4 Å². The monoisotopic (exact) mass is 263 g/mol. The number of aromatic nitrogens is 1. The molecule has 0 atom stereocenters. The molecule has 1 aromatic heterocycles. The van der Waals surface area contributed by atoms with Crippen molar-refractivity contribution in [1.29, 1.82) is 0 Å². The van der Waals surface area contributed by atoms with E-state index in [1.807, 2.05) is 11.0 Å². The van der Waals surface area contributed by atoms with Crippen molar-refractivity contribution in [3.63, 3.8) is 0 Å². The molecule has 1 amide bonds. The molecule has 106 valence electrons. The van der Waals surface area contributed by atoms with E-state index in [9.17, 15) is 4.79 Å². The normalized spacial score (nSPS) is 10.3. The number of nitrogens with one attached hydrogen (secondary N) is 1. The Morgan fingerprint density at radius 1 is 1.21 bits per heavy atom. The third-order valence-corrected chi connectivity index (χ3v) is 2.89. The molecule has 1 heterocycles. The van der Waals surface area contributed by atoms with E-state index in [0.717, 1.165) is 44.6 Å². The molecule has 0 bridgehead atoms. The standard InChI is InChI=1S/C15H25N3O/c1-4-8-17-14-7-9-16-12-13(14)15(19)18(10-5-2)11-6-3/h7,9,12H,4-6,8,10-11H2,1-3H3,(H,16,17). The summed E-state index contributed by atoms with van der Waals surface area (Å²) in [5.41, 5.74) is 1.57. The summed E-state index contributed by atoms with van der Waals surface area (Å²) >= 11 is 0. The van der Waals surface area contributed by atoms with Gasteiger partial charge in [-0.05, 0) is 25.3 Å². The summed E-state index contributed by atoms with van der Waals surface area (Å²) in [5.74, 6) is 0.0791. The molecule has 4 nitrogen and oxygen atoms in total. The summed E-state index contributed by atoms with van der Waals surface area (Å²) in [6.45, 7) is 8.76. The van der Waals surface area contributed by atoms with Crippen LogP contribution in [0.4, 0.5) is 5.69 Å². The maximum Gasteiger partial charge on any atom is 0.257 e. The molecular formula is C15H25N3O. The lowest BCUT2D eigenvalue weighted by Crippen LogP contribution is -2.33. The first-order chi connectivity index (χ1) is 9.24. The first-order valence-electron chi connectivity index (χ1n) is 7.21. The number of pyridine rings is 1. The second-order valence-corrected chi connectivity index (χ2v) is 4.64. The van der Waals surface area contributed by atoms with E-state index < -0.39 is 0 Å². The van der Waals surface area contributed by atoms with Gasteiger partial charge >= 0.3 is 0 Å². The number of rotatable bonds is 8. The molecule has 1 aromatic rings. The van der Waals surface area contributed by atoms with Crippen molar-refractivity contribution in [3.05, 3.63) is 24.0 Å². The number of hydrogen-bond acceptors (Lipinski definition) is 3. The molecule has 0 aromatic carbocycles. The largest absolute Gasteiger partial charge is 0.384 e. The van der Waals surface area contributed by atoms with Crippen LogP contribution in [-0.2, 0) is 0 Å². The van der Waals surface area contributed by atoms with Crippen LogP contribution in [0.3, 0.4) is 0 Å². The number of anilines is 1. The predicted molar refractivity (Wildman–Crippen MR) is 79.5 cm³/mol. The molecule has 1 N–H and O–H groups in total. The van der Waals surface area contributed by atoms with Crippen LogP contribution in [0.15, 0.2) is 18.5 Å². The van der Waals surface area contributed by atoms with Crippen LogP contribution >= 0.6 is 0 Å². The van der Waals surface area contributed by atoms with Gasteiger partial charge in [-0.2, -0.15) is 0 Å². The molecule has 0 saturated carbocycles. The maximum absolute atomic E-state index is 12.6. The molecule has 19 heavy (non-hydrogen) atoms. The minimum absolute atomic E-state index is 0.0791. The zero-order valence-corrected chi connectivity index (χ0v) is 12.3. The molecule has 0 fully saturated rings. The first kappa shape index (κ1) is 15.5. The summed E-state index contributed by atoms with van der Waals surface area (Å²) in [5, 5.41) is 3.30. The molecule has 0 aliphatic carbocycles. The van der Waals surface area contributed by atoms with Gasteiger partial charge in [-0.3, -0.25) is 9.78 Å². The van der Waals surface area contributed by atoms with Crippen LogP contribution in [-0.4, -0.2) is 35.4 Å². The zero-order chi connectivity index (χ0) is 14.1. The molecule has 4 heteroatoms. The van der Waals surface area contributed by atoms with Crippen LogP contribution < -0.4 is 5.32 Å². The van der Waals surface area contributed by atoms with Crippen molar-refractivity contribution in [3.8, 4) is 0 Å². The highest BCUT2D eigenvalue weighted by Crippen LogP contribution is 2.16. The van der Waals surface area contributed by atoms with Gasteiger partial charge in [0.15, 0.2) is 0 Å². The van der Waals surface area contributed by atoms with Crippen molar-refractivity contribution < 1.29 is 4.79 Å². The smallest absolute Gasteiger partial charge is 0.257 e. The quantitative estimate of drug-likeness (QED) is 0.783. The Kier molecular flexibility index (Phi) is 6.93. The molecular weight excluding hydrogens is 238 g/mol. The summed E-state index contributed by atoms with van der Waals surface area (Å²) < 4.78 is 0. The summed E-state index contributed by atoms with van der Waals surface area (Å²) in [6.07, 6.45) is 6.37. The fourth-order valence-electron chi connectivity index (χ4n) is 2.00. The highest BCUT2D eigenvalue weighted by molar-refractivity contribution is 5.99. The van der Waals surface area contributed by atoms with Crippen LogP contribution in [0.1, 0.15) is 50.4 Å². The van der Waals surface area contributed by atoms with E-state index in [-0.39, 0.29) is 5.91 Å². The van der Waals surface area contributed by atoms with E-state index in [1.165, 1.54) is 0 Å². The number of carbonyl (C=O) groups is 1. The molecule has 0 radical (unpaired) electrons. The van der Waals surface area contributed by atoms with Gasteiger partial charge in [-0.1, -0.05) is 20.8 Å². The lowest BCUT2D eigenvalue weighted by molar-refractivity contribution is 0.0756. The van der Waals surface area contributed by atoms with Crippen LogP contribution in [0.2, 0.25) is 0 Å². The summed E-state index contributed by atoms with van der Waals surface area (Å²) in [7, 11) is 0. The van der Waals surface area contributed by atoms with Gasteiger partial charge in [0.1, 0.15) is 0 Å². The lowest BCUT2D eigenvalue weighted by atomic mass is 10.2. The predicted octanol–water partition coefficient (Wildman–Crippen LogP) is 3.17. The first-order valence-corrected chi connectivity index (χ1v) is 7.21. The van der Waals surface area contributed by atoms with Crippen molar-refractivity contribution in [1.82, 2.24) is 9.88 Å². The molecule has 0 unspecified atom stereocenters. The third kappa shape index (κ3) is 4.54. The molecule has 0 spiro atoms. The fraction of sp³-hybridized carbons (Fsp3) is 0.600. The second-order valence-electron chi connectivity index (χ2n) is 4.64. The van der Waals surface area contributed by atoms with Gasteiger partial charge < -0.3 is 10.2 Å². The maximum atomic E-state index is 12.6. The van der Waals surface area contributed by atoms with E-state index in [0.29, 0.717) is 5.56 Å². The van der Waals surface area contributed by atoms with Gasteiger partial charge in [0.05, 0.1) is 11.3 Å². The minimum atomic E-state index is 0.0791. The van der Waals surface area contributed by atoms with Crippen LogP contribution in [0.25, 0.3) is 0 Å². The molecule has 0 aliphatic rings. The average molecular weight is 263 g/mol. The average Bonchev–Trinajstić information content (AvgIpc) is 2.44. The lowest BCUT2D eigenvalue weighted by Gasteiger charge is -2.22. The number of amides is 1. The van der Waals surface area contributed by atoms with Crippen molar-refractivity contribution in [2.75, 3.05) is 25.0 Å². The molecule has 0 aliphatic heterocycles. The van der Waals surface area contributed by atoms with Crippen molar-refractivity contribution in [2.45, 2.75) is 40.0 Å². The third-order valence-electron chi connectivity index (χ3n) is 2.89. The Labute approximate surface area is 116 Å². The Bertz CT molecular complexity index is 387. The van der Waals surface area contributed by atoms with Crippen molar-refractivity contribution >= 4 is 11.6 Å². The van der Waals surface area contributed by atoms with E-state index >= 15 is 0 Å². The van der Waals surface area contributed by atoms with Gasteiger partial charge in [0, 0.05) is 32.0 Å². The topological polar surface area (TPSA) is 45.2 Å². The second kappa shape index (κ2) is 8.51. The van der Waals surface area contributed by atoms with Crippen LogP contribution in [0, 0.1) is 0 Å². The van der Waals surface area contributed by atoms with Gasteiger partial charge in [0.25, 0.3) is 5.91 Å². The molecule has 1 rings (SSSR count). The van der Waals surface area contributed by atoms with Crippen LogP contribution in [0.5, 0.6) is 0 Å². The Hall–Kier alpha value is -1.58. The molecule has 0 saturated heterocycles. The minimum Gasteiger partial charge on any atom is -0.384 e. The number of nitrogens with zero attached hydrogens (tertiary/aromatic N) is 2. The Balaban J connectivity index is 2.89. The van der Waals surface area contributed by atoms with Gasteiger partial charge in [0.2, 0.25) is 0 Å². The highest BCUT2D eigenvalue weighted by Gasteiger charge is 2.17. The summed E-state index contributed by atoms with van der Waals surface area (Å²) in [6, 6.07) is 1.87. The highest BCUT2D eigenvalue weighted by atomic mass is 16.2. The van der Waals surface area contributed by atoms with E-state index in [2.05, 4.69) is 31.1 Å². The summed E-state index contributed by atoms with van der Waals surface area (Å²) in [4.78, 5) is 18.6. The SMILES string of the molecule is CCCNc1ccncc1C(=O)N(CCC)CCC. The van der Waals surface area contributed by atoms with E-state index in [4.69, 9.17) is 0 Å². The van der Waals surface area contributed by atoms with Gasteiger partial charge in [-0.25, -0.2) is 0 Å². The fourth-order valence-corrected chi connectivity index (χ4v) is 2.00.